The van der Waals surface area contributed by atoms with E-state index in [4.69, 9.17) is 21.1 Å². The SMILES string of the molecule is COc1cc(/C=c2\sc3nc4ccccc4n3c2=O)cc(Cl)c1OCc1ccc2ccccc2c1. The minimum atomic E-state index is -0.106. The minimum Gasteiger partial charge on any atom is -0.493 e. The Morgan fingerprint density at radius 1 is 1.00 bits per heavy atom. The lowest BCUT2D eigenvalue weighted by Crippen LogP contribution is -2.22. The Hall–Kier alpha value is -3.87. The van der Waals surface area contributed by atoms with Crippen molar-refractivity contribution in [1.82, 2.24) is 9.38 Å². The van der Waals surface area contributed by atoms with Crippen LogP contribution in [0.2, 0.25) is 5.02 Å². The van der Waals surface area contributed by atoms with Crippen molar-refractivity contribution in [3.8, 4) is 11.5 Å². The molecule has 0 radical (unpaired) electrons. The highest BCUT2D eigenvalue weighted by Gasteiger charge is 2.14. The molecule has 0 aliphatic rings. The third-order valence-electron chi connectivity index (χ3n) is 5.89. The number of aromatic nitrogens is 2. The molecule has 0 aliphatic heterocycles. The van der Waals surface area contributed by atoms with Crippen LogP contribution in [0.3, 0.4) is 0 Å². The Balaban J connectivity index is 1.33. The average Bonchev–Trinajstić information content (AvgIpc) is 3.38. The van der Waals surface area contributed by atoms with E-state index >= 15 is 0 Å². The highest BCUT2D eigenvalue weighted by atomic mass is 35.5. The van der Waals surface area contributed by atoms with Gasteiger partial charge in [-0.15, -0.1) is 0 Å². The topological polar surface area (TPSA) is 52.8 Å². The number of thiazole rings is 1. The summed E-state index contributed by atoms with van der Waals surface area (Å²) in [6, 6.07) is 25.6. The van der Waals surface area contributed by atoms with Crippen LogP contribution in [-0.2, 0) is 6.61 Å². The summed E-state index contributed by atoms with van der Waals surface area (Å²) in [5.74, 6) is 0.970. The van der Waals surface area contributed by atoms with Crippen LogP contribution in [0.15, 0.2) is 83.7 Å². The lowest BCUT2D eigenvalue weighted by molar-refractivity contribution is 0.285. The second kappa shape index (κ2) is 8.73. The van der Waals surface area contributed by atoms with Gasteiger partial charge in [0, 0.05) is 0 Å². The van der Waals surface area contributed by atoms with Crippen LogP contribution >= 0.6 is 22.9 Å². The highest BCUT2D eigenvalue weighted by Crippen LogP contribution is 2.37. The highest BCUT2D eigenvalue weighted by molar-refractivity contribution is 7.15. The maximum Gasteiger partial charge on any atom is 0.274 e. The Morgan fingerprint density at radius 2 is 1.80 bits per heavy atom. The number of imidazole rings is 1. The van der Waals surface area contributed by atoms with Gasteiger partial charge in [0.05, 0.1) is 27.7 Å². The van der Waals surface area contributed by atoms with Crippen LogP contribution in [0, 0.1) is 0 Å². The van der Waals surface area contributed by atoms with Gasteiger partial charge in [0.25, 0.3) is 5.56 Å². The zero-order chi connectivity index (χ0) is 23.9. The lowest BCUT2D eigenvalue weighted by atomic mass is 10.1. The van der Waals surface area contributed by atoms with Gasteiger partial charge in [-0.1, -0.05) is 71.5 Å². The standard InChI is InChI=1S/C28H19ClN2O3S/c1-33-24-14-18(15-25-27(32)31-23-9-5-4-8-22(23)30-28(31)35-25)13-21(29)26(24)34-16-17-10-11-19-6-2-3-7-20(19)12-17/h2-15H,16H2,1H3/b25-15-. The predicted octanol–water partition coefficient (Wildman–Crippen LogP) is 5.85. The van der Waals surface area contributed by atoms with Gasteiger partial charge in [-0.05, 0) is 58.3 Å². The Morgan fingerprint density at radius 3 is 2.66 bits per heavy atom. The first-order valence-electron chi connectivity index (χ1n) is 11.0. The number of fused-ring (bicyclic) bond motifs is 4. The molecule has 0 unspecified atom stereocenters. The second-order valence-corrected chi connectivity index (χ2v) is 9.55. The number of halogens is 1. The average molecular weight is 499 g/mol. The largest absolute Gasteiger partial charge is 0.493 e. The number of rotatable bonds is 5. The number of nitrogens with zero attached hydrogens (tertiary/aromatic N) is 2. The normalized spacial score (nSPS) is 12.1. The second-order valence-electron chi connectivity index (χ2n) is 8.14. The smallest absolute Gasteiger partial charge is 0.274 e. The van der Waals surface area contributed by atoms with Crippen LogP contribution in [0.25, 0.3) is 32.8 Å². The molecule has 0 bridgehead atoms. The van der Waals surface area contributed by atoms with Gasteiger partial charge in [-0.25, -0.2) is 9.38 Å². The van der Waals surface area contributed by atoms with Gasteiger partial charge in [0.15, 0.2) is 16.5 Å². The molecule has 5 nitrogen and oxygen atoms in total. The number of benzene rings is 4. The van der Waals surface area contributed by atoms with E-state index in [-0.39, 0.29) is 5.56 Å². The summed E-state index contributed by atoms with van der Waals surface area (Å²) in [7, 11) is 1.57. The molecule has 0 fully saturated rings. The summed E-state index contributed by atoms with van der Waals surface area (Å²) in [5, 5.41) is 2.74. The molecular formula is C28H19ClN2O3S. The Labute approximate surface area is 209 Å². The summed E-state index contributed by atoms with van der Waals surface area (Å²) >= 11 is 7.94. The van der Waals surface area contributed by atoms with Crippen LogP contribution in [0.4, 0.5) is 0 Å². The summed E-state index contributed by atoms with van der Waals surface area (Å²) in [4.78, 5) is 18.3. The van der Waals surface area contributed by atoms with Crippen LogP contribution in [0.5, 0.6) is 11.5 Å². The van der Waals surface area contributed by atoms with E-state index in [1.165, 1.54) is 16.7 Å². The lowest BCUT2D eigenvalue weighted by Gasteiger charge is -2.13. The summed E-state index contributed by atoms with van der Waals surface area (Å²) in [6.07, 6.45) is 1.80. The maximum absolute atomic E-state index is 13.1. The Kier molecular flexibility index (Phi) is 5.40. The first-order valence-corrected chi connectivity index (χ1v) is 12.2. The first kappa shape index (κ1) is 21.6. The van der Waals surface area contributed by atoms with Gasteiger partial charge in [0.1, 0.15) is 6.61 Å². The molecule has 0 saturated carbocycles. The molecule has 4 aromatic carbocycles. The molecule has 6 rings (SSSR count). The molecule has 0 spiro atoms. The maximum atomic E-state index is 13.1. The fourth-order valence-electron chi connectivity index (χ4n) is 4.21. The number of hydrogen-bond donors (Lipinski definition) is 0. The number of methoxy groups -OCH3 is 1. The van der Waals surface area contributed by atoms with Crippen LogP contribution in [-0.4, -0.2) is 16.5 Å². The number of para-hydroxylation sites is 2. The zero-order valence-electron chi connectivity index (χ0n) is 18.7. The van der Waals surface area contributed by atoms with Crippen LogP contribution in [0.1, 0.15) is 11.1 Å². The third kappa shape index (κ3) is 3.91. The van der Waals surface area contributed by atoms with Crippen molar-refractivity contribution in [3.63, 3.8) is 0 Å². The van der Waals surface area contributed by atoms with Gasteiger partial charge < -0.3 is 9.47 Å². The van der Waals surface area contributed by atoms with Crippen molar-refractivity contribution in [2.24, 2.45) is 0 Å². The van der Waals surface area contributed by atoms with Gasteiger partial charge in [-0.2, -0.15) is 0 Å². The summed E-state index contributed by atoms with van der Waals surface area (Å²) < 4.78 is 13.9. The quantitative estimate of drug-likeness (QED) is 0.299. The van der Waals surface area contributed by atoms with E-state index in [9.17, 15) is 4.79 Å². The molecule has 0 saturated heterocycles. The van der Waals surface area contributed by atoms with E-state index in [2.05, 4.69) is 29.2 Å². The van der Waals surface area contributed by atoms with Crippen molar-refractivity contribution in [3.05, 3.63) is 110 Å². The molecule has 172 valence electrons. The van der Waals surface area contributed by atoms with E-state index in [1.807, 2.05) is 48.5 Å². The van der Waals surface area contributed by atoms with E-state index in [0.717, 1.165) is 27.5 Å². The molecule has 7 heteroatoms. The van der Waals surface area contributed by atoms with Crippen molar-refractivity contribution in [2.45, 2.75) is 6.61 Å². The van der Waals surface area contributed by atoms with Gasteiger partial charge in [-0.3, -0.25) is 4.79 Å². The first-order chi connectivity index (χ1) is 17.1. The zero-order valence-corrected chi connectivity index (χ0v) is 20.3. The van der Waals surface area contributed by atoms with E-state index in [1.54, 1.807) is 23.7 Å². The van der Waals surface area contributed by atoms with Gasteiger partial charge >= 0.3 is 0 Å². The van der Waals surface area contributed by atoms with Crippen LogP contribution < -0.4 is 19.6 Å². The fourth-order valence-corrected chi connectivity index (χ4v) is 5.47. The van der Waals surface area contributed by atoms with Crippen molar-refractivity contribution in [2.75, 3.05) is 7.11 Å². The van der Waals surface area contributed by atoms with E-state index < -0.39 is 0 Å². The Bertz CT molecular complexity index is 1840. The summed E-state index contributed by atoms with van der Waals surface area (Å²) in [5.41, 5.74) is 3.28. The molecule has 0 amide bonds. The van der Waals surface area contributed by atoms with Crippen molar-refractivity contribution < 1.29 is 9.47 Å². The van der Waals surface area contributed by atoms with Crippen molar-refractivity contribution >= 4 is 55.8 Å². The molecule has 0 N–H and O–H groups in total. The minimum absolute atomic E-state index is 0.106. The van der Waals surface area contributed by atoms with Crippen molar-refractivity contribution in [1.29, 1.82) is 0 Å². The van der Waals surface area contributed by atoms with E-state index in [0.29, 0.717) is 32.6 Å². The monoisotopic (exact) mass is 498 g/mol. The molecule has 2 heterocycles. The predicted molar refractivity (Wildman–Crippen MR) is 142 cm³/mol. The molecule has 2 aromatic heterocycles. The number of hydrogen-bond acceptors (Lipinski definition) is 5. The molecular weight excluding hydrogens is 480 g/mol. The fraction of sp³-hybridized carbons (Fsp3) is 0.0714. The number of ether oxygens (including phenoxy) is 2. The molecule has 0 aliphatic carbocycles. The molecule has 6 aromatic rings. The third-order valence-corrected chi connectivity index (χ3v) is 7.14. The van der Waals surface area contributed by atoms with Gasteiger partial charge in [0.2, 0.25) is 0 Å². The summed E-state index contributed by atoms with van der Waals surface area (Å²) in [6.45, 7) is 0.351. The molecule has 35 heavy (non-hydrogen) atoms. The molecule has 0 atom stereocenters.